The maximum atomic E-state index is 14.0. The highest BCUT2D eigenvalue weighted by atomic mass is 35.5. The van der Waals surface area contributed by atoms with Crippen molar-refractivity contribution in [2.75, 3.05) is 11.5 Å². The third-order valence-electron chi connectivity index (χ3n) is 6.45. The van der Waals surface area contributed by atoms with E-state index in [0.717, 1.165) is 16.2 Å². The lowest BCUT2D eigenvalue weighted by molar-refractivity contribution is 0.0655. The number of aliphatic hydroxyl groups is 1. The maximum Gasteiger partial charge on any atom is 0.269 e. The molecule has 4 aromatic heterocycles. The highest BCUT2D eigenvalue weighted by Gasteiger charge is 2.37. The third-order valence-corrected chi connectivity index (χ3v) is 10.8. The van der Waals surface area contributed by atoms with Crippen LogP contribution in [0.25, 0.3) is 32.7 Å². The third kappa shape index (κ3) is 4.09. The van der Waals surface area contributed by atoms with Crippen molar-refractivity contribution in [3.63, 3.8) is 0 Å². The van der Waals surface area contributed by atoms with Crippen LogP contribution in [-0.2, 0) is 22.7 Å². The molecule has 1 fully saturated rings. The van der Waals surface area contributed by atoms with E-state index in [1.807, 2.05) is 6.92 Å². The molecule has 1 aromatic carbocycles. The molecule has 1 aliphatic heterocycles. The minimum atomic E-state index is -4.02. The van der Waals surface area contributed by atoms with Gasteiger partial charge in [0.15, 0.2) is 5.65 Å². The van der Waals surface area contributed by atoms with Crippen molar-refractivity contribution in [2.24, 2.45) is 7.05 Å². The summed E-state index contributed by atoms with van der Waals surface area (Å²) in [7, 11) is -2.24. The molecular weight excluding hydrogens is 550 g/mol. The molecule has 0 saturated carbocycles. The van der Waals surface area contributed by atoms with Gasteiger partial charge in [0.2, 0.25) is 0 Å². The Morgan fingerprint density at radius 3 is 2.59 bits per heavy atom. The fourth-order valence-corrected chi connectivity index (χ4v) is 8.72. The molecule has 0 aliphatic carbocycles. The number of thioether (sulfide) groups is 1. The highest BCUT2D eigenvalue weighted by Crippen LogP contribution is 2.45. The van der Waals surface area contributed by atoms with Crippen molar-refractivity contribution in [2.45, 2.75) is 23.8 Å². The van der Waals surface area contributed by atoms with Crippen molar-refractivity contribution in [1.82, 2.24) is 23.7 Å². The molecule has 0 radical (unpaired) electrons. The highest BCUT2D eigenvalue weighted by molar-refractivity contribution is 7.99. The van der Waals surface area contributed by atoms with Crippen molar-refractivity contribution in [3.8, 4) is 21.7 Å². The van der Waals surface area contributed by atoms with Gasteiger partial charge in [0.05, 0.1) is 26.7 Å². The molecule has 12 heteroatoms. The maximum absolute atomic E-state index is 14.0. The summed E-state index contributed by atoms with van der Waals surface area (Å²) in [5.41, 5.74) is 1.93. The Balaban J connectivity index is 1.61. The number of hydrogen-bond donors (Lipinski definition) is 1. The molecule has 1 saturated heterocycles. The number of benzene rings is 1. The molecular formula is C25H22ClN5O3S3. The van der Waals surface area contributed by atoms with Gasteiger partial charge in [-0.05, 0) is 37.3 Å². The molecule has 1 unspecified atom stereocenters. The quantitative estimate of drug-likeness (QED) is 0.314. The SMILES string of the molecule is Cc1ccc(S(=O)(=O)n2c(-c3cnn(C)c3)cc3c(-c4cnc(C5(O)CCSC5)s4)c(Cl)cnc32)cc1. The van der Waals surface area contributed by atoms with E-state index in [0.29, 0.717) is 44.4 Å². The first kappa shape index (κ1) is 24.6. The second-order valence-electron chi connectivity index (χ2n) is 9.10. The van der Waals surface area contributed by atoms with Gasteiger partial charge in [-0.1, -0.05) is 29.3 Å². The van der Waals surface area contributed by atoms with Crippen LogP contribution in [0.1, 0.15) is 17.0 Å². The number of rotatable bonds is 5. The predicted octanol–water partition coefficient (Wildman–Crippen LogP) is 5.08. The van der Waals surface area contributed by atoms with Gasteiger partial charge in [0.1, 0.15) is 10.6 Å². The monoisotopic (exact) mass is 571 g/mol. The van der Waals surface area contributed by atoms with Gasteiger partial charge in [-0.3, -0.25) is 4.68 Å². The van der Waals surface area contributed by atoms with Crippen LogP contribution in [-0.4, -0.2) is 48.8 Å². The summed E-state index contributed by atoms with van der Waals surface area (Å²) in [6, 6.07) is 8.50. The number of hydrogen-bond acceptors (Lipinski definition) is 8. The Kier molecular flexibility index (Phi) is 5.96. The summed E-state index contributed by atoms with van der Waals surface area (Å²) in [5.74, 6) is 1.47. The van der Waals surface area contributed by atoms with E-state index in [1.165, 1.54) is 21.5 Å². The summed E-state index contributed by atoms with van der Waals surface area (Å²) in [6.07, 6.45) is 7.17. The lowest BCUT2D eigenvalue weighted by atomic mass is 10.1. The number of halogens is 1. The topological polar surface area (TPSA) is 103 Å². The Morgan fingerprint density at radius 1 is 1.14 bits per heavy atom. The van der Waals surface area contributed by atoms with E-state index in [1.54, 1.807) is 72.4 Å². The minimum Gasteiger partial charge on any atom is -0.382 e. The fourth-order valence-electron chi connectivity index (χ4n) is 4.49. The Hall–Kier alpha value is -2.70. The lowest BCUT2D eigenvalue weighted by Gasteiger charge is -2.17. The molecule has 5 aromatic rings. The smallest absolute Gasteiger partial charge is 0.269 e. The van der Waals surface area contributed by atoms with E-state index < -0.39 is 15.6 Å². The first-order chi connectivity index (χ1) is 17.7. The van der Waals surface area contributed by atoms with Crippen LogP contribution in [0, 0.1) is 6.92 Å². The number of nitrogens with zero attached hydrogens (tertiary/aromatic N) is 5. The summed E-state index contributed by atoms with van der Waals surface area (Å²) in [6.45, 7) is 1.91. The lowest BCUT2D eigenvalue weighted by Crippen LogP contribution is -2.24. The molecule has 1 atom stereocenters. The first-order valence-electron chi connectivity index (χ1n) is 11.5. The molecule has 1 aliphatic rings. The second-order valence-corrected chi connectivity index (χ2v) is 13.4. The summed E-state index contributed by atoms with van der Waals surface area (Å²) >= 11 is 9.74. The number of aryl methyl sites for hydroxylation is 2. The van der Waals surface area contributed by atoms with Crippen LogP contribution in [0.4, 0.5) is 0 Å². The summed E-state index contributed by atoms with van der Waals surface area (Å²) in [4.78, 5) is 9.90. The normalized spacial score (nSPS) is 18.2. The van der Waals surface area contributed by atoms with Crippen LogP contribution >= 0.6 is 34.7 Å². The number of aromatic nitrogens is 5. The average Bonchev–Trinajstić information content (AvgIpc) is 3.65. The molecule has 1 N–H and O–H groups in total. The summed E-state index contributed by atoms with van der Waals surface area (Å²) < 4.78 is 30.9. The van der Waals surface area contributed by atoms with Gasteiger partial charge < -0.3 is 5.11 Å². The van der Waals surface area contributed by atoms with Crippen LogP contribution < -0.4 is 0 Å². The van der Waals surface area contributed by atoms with Crippen molar-refractivity contribution >= 4 is 55.8 Å². The zero-order valence-corrected chi connectivity index (χ0v) is 23.1. The largest absolute Gasteiger partial charge is 0.382 e. The van der Waals surface area contributed by atoms with Crippen LogP contribution in [0.3, 0.4) is 0 Å². The molecule has 0 bridgehead atoms. The zero-order chi connectivity index (χ0) is 25.9. The molecule has 0 amide bonds. The van der Waals surface area contributed by atoms with Gasteiger partial charge in [-0.2, -0.15) is 16.9 Å². The van der Waals surface area contributed by atoms with Gasteiger partial charge >= 0.3 is 0 Å². The van der Waals surface area contributed by atoms with Crippen LogP contribution in [0.5, 0.6) is 0 Å². The molecule has 6 rings (SSSR count). The van der Waals surface area contributed by atoms with Gasteiger partial charge in [0, 0.05) is 47.9 Å². The Morgan fingerprint density at radius 2 is 1.92 bits per heavy atom. The second kappa shape index (κ2) is 8.95. The first-order valence-corrected chi connectivity index (χ1v) is 15.2. The average molecular weight is 572 g/mol. The molecule has 5 heterocycles. The predicted molar refractivity (Wildman–Crippen MR) is 148 cm³/mol. The number of fused-ring (bicyclic) bond motifs is 1. The van der Waals surface area contributed by atoms with Gasteiger partial charge in [-0.15, -0.1) is 11.3 Å². The molecule has 37 heavy (non-hydrogen) atoms. The van der Waals surface area contributed by atoms with Crippen molar-refractivity contribution < 1.29 is 13.5 Å². The van der Waals surface area contributed by atoms with Gasteiger partial charge in [0.25, 0.3) is 10.0 Å². The molecule has 0 spiro atoms. The van der Waals surface area contributed by atoms with Crippen molar-refractivity contribution in [3.05, 3.63) is 70.7 Å². The van der Waals surface area contributed by atoms with E-state index in [-0.39, 0.29) is 10.5 Å². The molecule has 8 nitrogen and oxygen atoms in total. The van der Waals surface area contributed by atoms with Crippen molar-refractivity contribution in [1.29, 1.82) is 0 Å². The van der Waals surface area contributed by atoms with E-state index in [2.05, 4.69) is 15.1 Å². The van der Waals surface area contributed by atoms with E-state index >= 15 is 0 Å². The Labute approximate surface area is 227 Å². The van der Waals surface area contributed by atoms with E-state index in [4.69, 9.17) is 11.6 Å². The zero-order valence-electron chi connectivity index (χ0n) is 19.9. The van der Waals surface area contributed by atoms with Crippen LogP contribution in [0.2, 0.25) is 5.02 Å². The van der Waals surface area contributed by atoms with Crippen LogP contribution in [0.15, 0.2) is 60.0 Å². The number of pyridine rings is 1. The fraction of sp³-hybridized carbons (Fsp3) is 0.240. The molecule has 190 valence electrons. The standard InChI is InChI=1S/C25H22ClN5O3S3/c1-15-3-5-17(6-4-15)37(33,34)31-20(16-10-29-30(2)13-16)9-18-22(19(26)11-27-23(18)31)21-12-28-24(36-21)25(32)7-8-35-14-25/h3-6,9-13,32H,7-8,14H2,1-2H3. The minimum absolute atomic E-state index is 0.153. The van der Waals surface area contributed by atoms with E-state index in [9.17, 15) is 13.5 Å². The number of thiazole rings is 1. The summed E-state index contributed by atoms with van der Waals surface area (Å²) in [5, 5.41) is 16.9. The van der Waals surface area contributed by atoms with Gasteiger partial charge in [-0.25, -0.2) is 22.4 Å². The Bertz CT molecular complexity index is 1750.